The van der Waals surface area contributed by atoms with Crippen molar-refractivity contribution >= 4 is 38.6 Å². The van der Waals surface area contributed by atoms with Crippen molar-refractivity contribution in [3.05, 3.63) is 174 Å². The lowest BCUT2D eigenvalue weighted by Gasteiger charge is -2.27. The predicted octanol–water partition coefficient (Wildman–Crippen LogP) is 13.8. The Morgan fingerprint density at radius 2 is 0.846 bits per heavy atom. The summed E-state index contributed by atoms with van der Waals surface area (Å²) in [5.41, 5.74) is 14.2. The minimum Gasteiger partial charge on any atom is -0.311 e. The van der Waals surface area contributed by atoms with Crippen molar-refractivity contribution in [3.8, 4) is 27.9 Å². The summed E-state index contributed by atoms with van der Waals surface area (Å²) in [6, 6.07) is 55.4. The second-order valence-electron chi connectivity index (χ2n) is 14.5. The van der Waals surface area contributed by atoms with E-state index in [0.717, 1.165) is 34.1 Å². The highest BCUT2D eigenvalue weighted by atomic mass is 15.3. The van der Waals surface area contributed by atoms with Crippen LogP contribution in [0.4, 0.5) is 17.1 Å². The number of para-hydroxylation sites is 1. The van der Waals surface area contributed by atoms with E-state index in [0.29, 0.717) is 11.8 Å². The summed E-state index contributed by atoms with van der Waals surface area (Å²) in [4.78, 5) is 2.37. The van der Waals surface area contributed by atoms with Gasteiger partial charge in [-0.3, -0.25) is 0 Å². The van der Waals surface area contributed by atoms with Crippen LogP contribution in [0, 0.1) is 13.8 Å². The van der Waals surface area contributed by atoms with Gasteiger partial charge in [0.15, 0.2) is 0 Å². The van der Waals surface area contributed by atoms with E-state index < -0.39 is 0 Å². The van der Waals surface area contributed by atoms with E-state index in [2.05, 4.69) is 197 Å². The average molecular weight is 676 g/mol. The molecule has 0 atom stereocenters. The Morgan fingerprint density at radius 1 is 0.442 bits per heavy atom. The summed E-state index contributed by atoms with van der Waals surface area (Å²) in [5.74, 6) is 0.965. The largest absolute Gasteiger partial charge is 0.311 e. The summed E-state index contributed by atoms with van der Waals surface area (Å²) in [6.07, 6.45) is 0. The maximum atomic E-state index is 5.07. The van der Waals surface area contributed by atoms with Gasteiger partial charge in [-0.05, 0) is 118 Å². The van der Waals surface area contributed by atoms with Gasteiger partial charge in [-0.1, -0.05) is 131 Å². The van der Waals surface area contributed by atoms with Crippen molar-refractivity contribution in [3.63, 3.8) is 0 Å². The molecule has 3 nitrogen and oxygen atoms in total. The van der Waals surface area contributed by atoms with Gasteiger partial charge in [-0.15, -0.1) is 0 Å². The van der Waals surface area contributed by atoms with E-state index in [1.807, 2.05) is 6.07 Å². The number of aryl methyl sites for hydroxylation is 1. The van der Waals surface area contributed by atoms with Gasteiger partial charge in [-0.25, -0.2) is 4.68 Å². The Hall–Kier alpha value is -5.93. The van der Waals surface area contributed by atoms with Crippen molar-refractivity contribution in [2.75, 3.05) is 4.90 Å². The molecule has 1 heterocycles. The number of aromatic nitrogens is 2. The zero-order chi connectivity index (χ0) is 35.9. The molecular weight excluding hydrogens is 631 g/mol. The van der Waals surface area contributed by atoms with E-state index in [-0.39, 0.29) is 0 Å². The normalized spacial score (nSPS) is 11.6. The Kier molecular flexibility index (Phi) is 8.72. The van der Waals surface area contributed by atoms with Gasteiger partial charge in [0.05, 0.1) is 11.4 Å². The molecule has 3 heteroatoms. The highest BCUT2D eigenvalue weighted by molar-refractivity contribution is 6.21. The molecule has 0 aliphatic carbocycles. The summed E-state index contributed by atoms with van der Waals surface area (Å²) in [6.45, 7) is 13.3. The molecular formula is C49H45N3. The predicted molar refractivity (Wildman–Crippen MR) is 222 cm³/mol. The molecule has 0 bridgehead atoms. The number of fused-ring (bicyclic) bond motifs is 2. The number of rotatable bonds is 8. The molecule has 0 amide bonds. The van der Waals surface area contributed by atoms with Crippen LogP contribution in [0.3, 0.4) is 0 Å². The molecule has 52 heavy (non-hydrogen) atoms. The molecule has 1 aromatic heterocycles. The minimum absolute atomic E-state index is 0.482. The van der Waals surface area contributed by atoms with Crippen LogP contribution in [0.2, 0.25) is 0 Å². The topological polar surface area (TPSA) is 21.1 Å². The molecule has 7 aromatic carbocycles. The first-order chi connectivity index (χ1) is 25.3. The molecule has 8 aromatic rings. The molecule has 0 aliphatic heterocycles. The highest BCUT2D eigenvalue weighted by Crippen LogP contribution is 2.46. The third kappa shape index (κ3) is 5.86. The lowest BCUT2D eigenvalue weighted by molar-refractivity contribution is 0.834. The molecule has 0 unspecified atom stereocenters. The first-order valence-electron chi connectivity index (χ1n) is 18.5. The second-order valence-corrected chi connectivity index (χ2v) is 14.5. The quantitative estimate of drug-likeness (QED) is 0.149. The van der Waals surface area contributed by atoms with Crippen LogP contribution < -0.4 is 4.90 Å². The van der Waals surface area contributed by atoms with Crippen LogP contribution in [0.25, 0.3) is 49.5 Å². The SMILES string of the molecule is Cc1nn(-c2ccccc2)c(C)c1-c1c2ccccc2c(-c2ccc(N(c3ccc(C(C)C)cc3)c3ccc(C(C)C)cc3)cc2)c2ccccc12. The molecule has 0 spiro atoms. The third-order valence-corrected chi connectivity index (χ3v) is 10.5. The first kappa shape index (κ1) is 33.2. The first-order valence-corrected chi connectivity index (χ1v) is 18.5. The summed E-state index contributed by atoms with van der Waals surface area (Å²) in [7, 11) is 0. The van der Waals surface area contributed by atoms with E-state index in [1.54, 1.807) is 0 Å². The van der Waals surface area contributed by atoms with Gasteiger partial charge in [-0.2, -0.15) is 5.10 Å². The van der Waals surface area contributed by atoms with Crippen LogP contribution in [0.1, 0.15) is 62.0 Å². The zero-order valence-electron chi connectivity index (χ0n) is 30.9. The number of nitrogens with zero attached hydrogens (tertiary/aromatic N) is 3. The van der Waals surface area contributed by atoms with Crippen molar-refractivity contribution in [1.29, 1.82) is 0 Å². The lowest BCUT2D eigenvalue weighted by atomic mass is 9.85. The molecule has 256 valence electrons. The Bertz CT molecular complexity index is 2400. The molecule has 8 rings (SSSR count). The minimum atomic E-state index is 0.482. The molecule has 0 N–H and O–H groups in total. The van der Waals surface area contributed by atoms with E-state index >= 15 is 0 Å². The fourth-order valence-electron chi connectivity index (χ4n) is 7.77. The lowest BCUT2D eigenvalue weighted by Crippen LogP contribution is -2.10. The molecule has 0 radical (unpaired) electrons. The standard InChI is InChI=1S/C49H45N3/c1-32(2)36-20-26-39(27-21-36)51(40-28-22-37(23-29-40)33(3)4)41-30-24-38(25-31-41)48-43-16-10-12-18-45(43)49(46-19-13-11-17-44(46)48)47-34(5)50-52(35(47)6)42-14-8-7-9-15-42/h7-33H,1-6H3. The fourth-order valence-corrected chi connectivity index (χ4v) is 7.77. The van der Waals surface area contributed by atoms with Crippen molar-refractivity contribution < 1.29 is 0 Å². The van der Waals surface area contributed by atoms with Crippen molar-refractivity contribution in [2.24, 2.45) is 0 Å². The Morgan fingerprint density at radius 3 is 1.29 bits per heavy atom. The maximum Gasteiger partial charge on any atom is 0.0679 e. The van der Waals surface area contributed by atoms with Crippen LogP contribution in [0.15, 0.2) is 152 Å². The highest BCUT2D eigenvalue weighted by Gasteiger charge is 2.22. The summed E-state index contributed by atoms with van der Waals surface area (Å²) in [5, 5.41) is 10.0. The van der Waals surface area contributed by atoms with Crippen molar-refractivity contribution in [2.45, 2.75) is 53.4 Å². The Balaban J connectivity index is 1.29. The van der Waals surface area contributed by atoms with Crippen LogP contribution in [-0.4, -0.2) is 9.78 Å². The van der Waals surface area contributed by atoms with E-state index in [1.165, 1.54) is 54.9 Å². The molecule has 0 saturated carbocycles. The van der Waals surface area contributed by atoms with Gasteiger partial charge in [0.2, 0.25) is 0 Å². The van der Waals surface area contributed by atoms with Crippen molar-refractivity contribution in [1.82, 2.24) is 9.78 Å². The summed E-state index contributed by atoms with van der Waals surface area (Å²) >= 11 is 0. The van der Waals surface area contributed by atoms with Gasteiger partial charge in [0.1, 0.15) is 0 Å². The van der Waals surface area contributed by atoms with Gasteiger partial charge >= 0.3 is 0 Å². The van der Waals surface area contributed by atoms with E-state index in [9.17, 15) is 0 Å². The molecule has 0 fully saturated rings. The molecule has 0 saturated heterocycles. The zero-order valence-corrected chi connectivity index (χ0v) is 30.9. The average Bonchev–Trinajstić information content (AvgIpc) is 3.47. The fraction of sp³-hybridized carbons (Fsp3) is 0.163. The van der Waals surface area contributed by atoms with Crippen LogP contribution in [-0.2, 0) is 0 Å². The maximum absolute atomic E-state index is 5.07. The second kappa shape index (κ2) is 13.7. The Labute approximate surface area is 307 Å². The van der Waals surface area contributed by atoms with Crippen LogP contribution >= 0.6 is 0 Å². The van der Waals surface area contributed by atoms with Gasteiger partial charge < -0.3 is 4.90 Å². The number of anilines is 3. The molecule has 0 aliphatic rings. The number of hydrogen-bond donors (Lipinski definition) is 0. The smallest absolute Gasteiger partial charge is 0.0679 e. The number of benzene rings is 7. The van der Waals surface area contributed by atoms with E-state index in [4.69, 9.17) is 5.10 Å². The van der Waals surface area contributed by atoms with Gasteiger partial charge in [0, 0.05) is 33.9 Å². The third-order valence-electron chi connectivity index (χ3n) is 10.5. The monoisotopic (exact) mass is 675 g/mol. The summed E-state index contributed by atoms with van der Waals surface area (Å²) < 4.78 is 2.08. The number of hydrogen-bond acceptors (Lipinski definition) is 2. The van der Waals surface area contributed by atoms with Crippen LogP contribution in [0.5, 0.6) is 0 Å². The van der Waals surface area contributed by atoms with Gasteiger partial charge in [0.25, 0.3) is 0 Å².